The van der Waals surface area contributed by atoms with Crippen LogP contribution in [0.2, 0.25) is 5.02 Å². The molecule has 0 saturated heterocycles. The highest BCUT2D eigenvalue weighted by molar-refractivity contribution is 6.31. The van der Waals surface area contributed by atoms with Gasteiger partial charge in [0, 0.05) is 56.1 Å². The van der Waals surface area contributed by atoms with E-state index in [-0.39, 0.29) is 17.5 Å². The van der Waals surface area contributed by atoms with Gasteiger partial charge in [-0.1, -0.05) is 60.1 Å². The molecule has 2 N–H and O–H groups in total. The van der Waals surface area contributed by atoms with Crippen LogP contribution in [0.15, 0.2) is 79.0 Å². The number of anilines is 1. The summed E-state index contributed by atoms with van der Waals surface area (Å²) in [6, 6.07) is 21.3. The summed E-state index contributed by atoms with van der Waals surface area (Å²) >= 11 is 5.88. The normalized spacial score (nSPS) is 10.9. The van der Waals surface area contributed by atoms with Crippen LogP contribution in [-0.2, 0) is 22.5 Å². The zero-order valence-corrected chi connectivity index (χ0v) is 22.6. The Labute approximate surface area is 232 Å². The van der Waals surface area contributed by atoms with Crippen LogP contribution in [0.4, 0.5) is 14.9 Å². The summed E-state index contributed by atoms with van der Waals surface area (Å²) in [7, 11) is 1.59. The summed E-state index contributed by atoms with van der Waals surface area (Å²) in [6.45, 7) is 1.53. The minimum atomic E-state index is -0.575. The Kier molecular flexibility index (Phi) is 9.94. The van der Waals surface area contributed by atoms with Crippen LogP contribution < -0.4 is 5.32 Å². The lowest BCUT2D eigenvalue weighted by molar-refractivity contribution is -0.132. The van der Waals surface area contributed by atoms with Crippen molar-refractivity contribution in [3.8, 4) is 0 Å². The van der Waals surface area contributed by atoms with E-state index in [4.69, 9.17) is 16.3 Å². The van der Waals surface area contributed by atoms with Crippen molar-refractivity contribution in [2.24, 2.45) is 0 Å². The summed E-state index contributed by atoms with van der Waals surface area (Å²) in [5.74, 6) is -0.753. The quantitative estimate of drug-likeness (QED) is 0.209. The lowest BCUT2D eigenvalue weighted by atomic mass is 10.1. The Morgan fingerprint density at radius 3 is 2.54 bits per heavy atom. The average molecular weight is 551 g/mol. The number of hydrogen-bond acceptors (Lipinski definition) is 3. The summed E-state index contributed by atoms with van der Waals surface area (Å²) in [6.07, 6.45) is 3.19. The number of fused-ring (bicyclic) bond motifs is 1. The molecule has 204 valence electrons. The lowest BCUT2D eigenvalue weighted by Gasteiger charge is -2.28. The van der Waals surface area contributed by atoms with E-state index in [2.05, 4.69) is 16.4 Å². The van der Waals surface area contributed by atoms with Gasteiger partial charge in [-0.15, -0.1) is 0 Å². The van der Waals surface area contributed by atoms with Crippen molar-refractivity contribution in [3.05, 3.63) is 101 Å². The van der Waals surface area contributed by atoms with Crippen molar-refractivity contribution in [1.29, 1.82) is 0 Å². The molecular weight excluding hydrogens is 519 g/mol. The first-order chi connectivity index (χ1) is 18.9. The van der Waals surface area contributed by atoms with E-state index in [1.54, 1.807) is 12.0 Å². The van der Waals surface area contributed by atoms with Gasteiger partial charge in [0.05, 0.1) is 5.02 Å². The maximum absolute atomic E-state index is 13.7. The molecule has 0 atom stereocenters. The number of nitrogens with one attached hydrogen (secondary N) is 2. The van der Waals surface area contributed by atoms with Crippen molar-refractivity contribution in [2.45, 2.75) is 19.4 Å². The van der Waals surface area contributed by atoms with E-state index < -0.39 is 11.8 Å². The maximum Gasteiger partial charge on any atom is 0.322 e. The van der Waals surface area contributed by atoms with E-state index >= 15 is 0 Å². The number of aromatic nitrogens is 1. The maximum atomic E-state index is 13.7. The van der Waals surface area contributed by atoms with Gasteiger partial charge in [-0.25, -0.2) is 9.18 Å². The SMILES string of the molecule is COCCCN(CC(=O)N(CCc1c[nH]c2ccccc12)Cc1ccccc1)C(=O)Nc1ccc(F)c(Cl)c1. The van der Waals surface area contributed by atoms with Gasteiger partial charge in [0.25, 0.3) is 0 Å². The number of urea groups is 1. The smallest absolute Gasteiger partial charge is 0.322 e. The summed E-state index contributed by atoms with van der Waals surface area (Å²) in [4.78, 5) is 33.4. The Morgan fingerprint density at radius 2 is 1.77 bits per heavy atom. The highest BCUT2D eigenvalue weighted by Crippen LogP contribution is 2.21. The van der Waals surface area contributed by atoms with Crippen LogP contribution >= 0.6 is 11.6 Å². The van der Waals surface area contributed by atoms with Gasteiger partial charge >= 0.3 is 6.03 Å². The van der Waals surface area contributed by atoms with Crippen LogP contribution in [0, 0.1) is 5.82 Å². The van der Waals surface area contributed by atoms with Gasteiger partial charge in [0.15, 0.2) is 0 Å². The molecule has 3 amide bonds. The first kappa shape index (κ1) is 28.1. The van der Waals surface area contributed by atoms with Gasteiger partial charge in [-0.05, 0) is 48.2 Å². The molecule has 7 nitrogen and oxygen atoms in total. The predicted molar refractivity (Wildman–Crippen MR) is 152 cm³/mol. The van der Waals surface area contributed by atoms with Crippen molar-refractivity contribution < 1.29 is 18.7 Å². The van der Waals surface area contributed by atoms with Crippen molar-refractivity contribution in [1.82, 2.24) is 14.8 Å². The molecule has 4 aromatic rings. The number of aromatic amines is 1. The molecule has 9 heteroatoms. The largest absolute Gasteiger partial charge is 0.385 e. The van der Waals surface area contributed by atoms with E-state index in [0.717, 1.165) is 22.0 Å². The molecule has 4 rings (SSSR count). The lowest BCUT2D eigenvalue weighted by Crippen LogP contribution is -2.45. The second-order valence-electron chi connectivity index (χ2n) is 9.24. The highest BCUT2D eigenvalue weighted by Gasteiger charge is 2.22. The Bertz CT molecular complexity index is 1400. The van der Waals surface area contributed by atoms with Gasteiger partial charge in [0.2, 0.25) is 5.91 Å². The third-order valence-electron chi connectivity index (χ3n) is 6.46. The molecule has 0 bridgehead atoms. The fraction of sp³-hybridized carbons (Fsp3) is 0.267. The first-order valence-electron chi connectivity index (χ1n) is 12.8. The van der Waals surface area contributed by atoms with Gasteiger partial charge in [0.1, 0.15) is 12.4 Å². The Balaban J connectivity index is 1.50. The molecule has 0 radical (unpaired) electrons. The number of benzene rings is 3. The zero-order chi connectivity index (χ0) is 27.6. The van der Waals surface area contributed by atoms with E-state index in [9.17, 15) is 14.0 Å². The van der Waals surface area contributed by atoms with Gasteiger partial charge in [-0.2, -0.15) is 0 Å². The Morgan fingerprint density at radius 1 is 1.00 bits per heavy atom. The number of rotatable bonds is 12. The number of carbonyl (C=O) groups is 2. The van der Waals surface area contributed by atoms with Gasteiger partial charge in [-0.3, -0.25) is 4.79 Å². The fourth-order valence-electron chi connectivity index (χ4n) is 4.38. The van der Waals surface area contributed by atoms with Crippen LogP contribution in [-0.4, -0.2) is 60.1 Å². The minimum absolute atomic E-state index is 0.0962. The predicted octanol–water partition coefficient (Wildman–Crippen LogP) is 6.10. The number of H-pyrrole nitrogens is 1. The number of nitrogens with zero attached hydrogens (tertiary/aromatic N) is 2. The van der Waals surface area contributed by atoms with Crippen molar-refractivity contribution >= 4 is 40.1 Å². The number of halogens is 2. The monoisotopic (exact) mass is 550 g/mol. The summed E-state index contributed by atoms with van der Waals surface area (Å²) in [5.41, 5.74) is 3.52. The van der Waals surface area contributed by atoms with Gasteiger partial charge < -0.3 is 24.8 Å². The first-order valence-corrected chi connectivity index (χ1v) is 13.2. The standard InChI is InChI=1S/C30H32ClFN4O3/c1-39-17-7-15-36(30(38)34-24-12-13-27(32)26(31)18-24)21-29(37)35(20-22-8-3-2-4-9-22)16-14-23-19-33-28-11-6-5-10-25(23)28/h2-6,8-13,18-19,33H,7,14-17,20-21H2,1H3,(H,34,38). The number of ether oxygens (including phenoxy) is 1. The summed E-state index contributed by atoms with van der Waals surface area (Å²) < 4.78 is 18.7. The number of para-hydroxylation sites is 1. The molecule has 0 aliphatic rings. The molecule has 1 aromatic heterocycles. The number of hydrogen-bond donors (Lipinski definition) is 2. The topological polar surface area (TPSA) is 77.7 Å². The number of methoxy groups -OCH3 is 1. The van der Waals surface area contributed by atoms with Crippen LogP contribution in [0.25, 0.3) is 10.9 Å². The van der Waals surface area contributed by atoms with E-state index in [1.165, 1.54) is 23.1 Å². The molecule has 0 aliphatic heterocycles. The fourth-order valence-corrected chi connectivity index (χ4v) is 4.56. The molecule has 39 heavy (non-hydrogen) atoms. The van der Waals surface area contributed by atoms with E-state index in [1.807, 2.05) is 54.7 Å². The molecule has 0 saturated carbocycles. The van der Waals surface area contributed by atoms with E-state index in [0.29, 0.717) is 44.8 Å². The summed E-state index contributed by atoms with van der Waals surface area (Å²) in [5, 5.41) is 3.76. The third-order valence-corrected chi connectivity index (χ3v) is 6.75. The molecule has 3 aromatic carbocycles. The number of carbonyl (C=O) groups excluding carboxylic acids is 2. The van der Waals surface area contributed by atoms with Crippen LogP contribution in [0.5, 0.6) is 0 Å². The highest BCUT2D eigenvalue weighted by atomic mass is 35.5. The molecule has 0 fully saturated rings. The second kappa shape index (κ2) is 13.8. The van der Waals surface area contributed by atoms with Crippen LogP contribution in [0.1, 0.15) is 17.5 Å². The molecular formula is C30H32ClFN4O3. The van der Waals surface area contributed by atoms with Crippen molar-refractivity contribution in [2.75, 3.05) is 38.7 Å². The zero-order valence-electron chi connectivity index (χ0n) is 21.8. The Hall–Kier alpha value is -3.88. The minimum Gasteiger partial charge on any atom is -0.385 e. The molecule has 1 heterocycles. The molecule has 0 spiro atoms. The average Bonchev–Trinajstić information content (AvgIpc) is 3.36. The molecule has 0 aliphatic carbocycles. The van der Waals surface area contributed by atoms with Crippen molar-refractivity contribution in [3.63, 3.8) is 0 Å². The second-order valence-corrected chi connectivity index (χ2v) is 9.64. The molecule has 0 unspecified atom stereocenters. The van der Waals surface area contributed by atoms with Crippen LogP contribution in [0.3, 0.4) is 0 Å². The third kappa shape index (κ3) is 7.81. The number of amides is 3.